The van der Waals surface area contributed by atoms with E-state index in [4.69, 9.17) is 0 Å². The third-order valence-electron chi connectivity index (χ3n) is 5.26. The summed E-state index contributed by atoms with van der Waals surface area (Å²) in [7, 11) is -3.49. The molecule has 5 nitrogen and oxygen atoms in total. The fraction of sp³-hybridized carbons (Fsp3) is 0.273. The number of benzene rings is 2. The van der Waals surface area contributed by atoms with E-state index < -0.39 is 9.84 Å². The molecule has 1 aliphatic carbocycles. The number of aromatic nitrogens is 2. The number of anilines is 1. The minimum atomic E-state index is -3.49. The zero-order chi connectivity index (χ0) is 19.4. The quantitative estimate of drug-likeness (QED) is 0.678. The molecule has 0 saturated carbocycles. The molecule has 1 aliphatic rings. The van der Waals surface area contributed by atoms with Crippen LogP contribution in [0.3, 0.4) is 0 Å². The molecule has 6 heteroatoms. The van der Waals surface area contributed by atoms with Crippen LogP contribution in [0.15, 0.2) is 76.8 Å². The summed E-state index contributed by atoms with van der Waals surface area (Å²) >= 11 is 0. The van der Waals surface area contributed by atoms with Gasteiger partial charge in [0.2, 0.25) is 15.8 Å². The fourth-order valence-corrected chi connectivity index (χ4v) is 5.14. The minimum absolute atomic E-state index is 0.338. The number of nitrogens with zero attached hydrogens (tertiary/aromatic N) is 2. The highest BCUT2D eigenvalue weighted by Gasteiger charge is 2.24. The smallest absolute Gasteiger partial charge is 0.222 e. The second kappa shape index (κ2) is 8.10. The van der Waals surface area contributed by atoms with Crippen molar-refractivity contribution >= 4 is 15.8 Å². The highest BCUT2D eigenvalue weighted by molar-refractivity contribution is 7.91. The molecular formula is C22H23N3O2S. The normalized spacial score (nSPS) is 16.4. The van der Waals surface area contributed by atoms with E-state index in [1.165, 1.54) is 11.1 Å². The topological polar surface area (TPSA) is 72.0 Å². The number of sulfone groups is 1. The Kier molecular flexibility index (Phi) is 5.39. The average molecular weight is 394 g/mol. The summed E-state index contributed by atoms with van der Waals surface area (Å²) in [5, 5.41) is 3.25. The van der Waals surface area contributed by atoms with E-state index in [0.717, 1.165) is 32.2 Å². The van der Waals surface area contributed by atoms with Crippen molar-refractivity contribution in [2.24, 2.45) is 0 Å². The third-order valence-corrected chi connectivity index (χ3v) is 7.03. The van der Waals surface area contributed by atoms with Crippen molar-refractivity contribution < 1.29 is 8.42 Å². The second-order valence-electron chi connectivity index (χ2n) is 7.05. The molecule has 3 aromatic rings. The Hall–Kier alpha value is -2.73. The molecule has 0 amide bonds. The van der Waals surface area contributed by atoms with Gasteiger partial charge in [-0.3, -0.25) is 0 Å². The van der Waals surface area contributed by atoms with Crippen molar-refractivity contribution in [3.05, 3.63) is 78.1 Å². The van der Waals surface area contributed by atoms with Crippen molar-refractivity contribution in [3.63, 3.8) is 0 Å². The maximum absolute atomic E-state index is 13.0. The van der Waals surface area contributed by atoms with Crippen LogP contribution in [-0.4, -0.2) is 24.9 Å². The monoisotopic (exact) mass is 393 g/mol. The molecule has 0 aliphatic heterocycles. The summed E-state index contributed by atoms with van der Waals surface area (Å²) in [6.45, 7) is 0.754. The standard InChI is InChI=1S/C22H23N3O2S/c26-28(27,19-8-2-1-3-9-19)20-11-10-17-6-4-7-18(21(17)16-20)12-15-25-22-23-13-5-14-24-22/h1-3,5,8-11,13-14,16,18H,4,6-7,12,15H2,(H,23,24,25). The van der Waals surface area contributed by atoms with Gasteiger partial charge in [0.25, 0.3) is 0 Å². The number of nitrogens with one attached hydrogen (secondary N) is 1. The van der Waals surface area contributed by atoms with E-state index in [-0.39, 0.29) is 0 Å². The maximum atomic E-state index is 13.0. The molecule has 0 fully saturated rings. The Morgan fingerprint density at radius 3 is 2.54 bits per heavy atom. The minimum Gasteiger partial charge on any atom is -0.354 e. The Labute approximate surface area is 165 Å². The molecule has 0 saturated heterocycles. The highest BCUT2D eigenvalue weighted by atomic mass is 32.2. The lowest BCUT2D eigenvalue weighted by atomic mass is 9.81. The molecule has 2 aromatic carbocycles. The van der Waals surface area contributed by atoms with E-state index in [0.29, 0.717) is 21.7 Å². The Morgan fingerprint density at radius 1 is 0.964 bits per heavy atom. The van der Waals surface area contributed by atoms with Gasteiger partial charge in [-0.2, -0.15) is 0 Å². The lowest BCUT2D eigenvalue weighted by Gasteiger charge is -2.26. The summed E-state index contributed by atoms with van der Waals surface area (Å²) in [5.74, 6) is 0.963. The van der Waals surface area contributed by atoms with Gasteiger partial charge in [0.15, 0.2) is 0 Å². The summed E-state index contributed by atoms with van der Waals surface area (Å²) < 4.78 is 26.0. The number of hydrogen-bond donors (Lipinski definition) is 1. The van der Waals surface area contributed by atoms with E-state index in [9.17, 15) is 8.42 Å². The van der Waals surface area contributed by atoms with Crippen LogP contribution in [0.5, 0.6) is 0 Å². The Morgan fingerprint density at radius 2 is 1.75 bits per heavy atom. The molecule has 144 valence electrons. The third kappa shape index (κ3) is 3.92. The van der Waals surface area contributed by atoms with Gasteiger partial charge < -0.3 is 5.32 Å². The molecular weight excluding hydrogens is 370 g/mol. The molecule has 0 spiro atoms. The molecule has 1 unspecified atom stereocenters. The van der Waals surface area contributed by atoms with E-state index in [1.807, 2.05) is 18.2 Å². The fourth-order valence-electron chi connectivity index (χ4n) is 3.83. The zero-order valence-corrected chi connectivity index (χ0v) is 16.4. The Balaban J connectivity index is 1.55. The van der Waals surface area contributed by atoms with Crippen LogP contribution < -0.4 is 5.32 Å². The van der Waals surface area contributed by atoms with Crippen LogP contribution >= 0.6 is 0 Å². The van der Waals surface area contributed by atoms with E-state index in [2.05, 4.69) is 15.3 Å². The molecule has 28 heavy (non-hydrogen) atoms. The van der Waals surface area contributed by atoms with E-state index >= 15 is 0 Å². The molecule has 1 heterocycles. The first-order valence-electron chi connectivity index (χ1n) is 9.58. The molecule has 1 N–H and O–H groups in total. The number of fused-ring (bicyclic) bond motifs is 1. The van der Waals surface area contributed by atoms with Crippen molar-refractivity contribution in [2.75, 3.05) is 11.9 Å². The molecule has 0 bridgehead atoms. The SMILES string of the molecule is O=S(=O)(c1ccccc1)c1ccc2c(c1)C(CCNc1ncccn1)CCC2. The first-order valence-corrected chi connectivity index (χ1v) is 11.1. The predicted octanol–water partition coefficient (Wildman–Crippen LogP) is 4.23. The highest BCUT2D eigenvalue weighted by Crippen LogP contribution is 2.36. The van der Waals surface area contributed by atoms with Crippen LogP contribution in [-0.2, 0) is 16.3 Å². The van der Waals surface area contributed by atoms with E-state index in [1.54, 1.807) is 48.8 Å². The van der Waals surface area contributed by atoms with Gasteiger partial charge in [-0.15, -0.1) is 0 Å². The number of hydrogen-bond acceptors (Lipinski definition) is 5. The predicted molar refractivity (Wildman–Crippen MR) is 109 cm³/mol. The Bertz CT molecular complexity index is 1040. The van der Waals surface area contributed by atoms with Crippen LogP contribution in [0.1, 0.15) is 36.3 Å². The van der Waals surface area contributed by atoms with Gasteiger partial charge in [0.1, 0.15) is 0 Å². The number of rotatable bonds is 6. The van der Waals surface area contributed by atoms with Crippen molar-refractivity contribution in [3.8, 4) is 0 Å². The summed E-state index contributed by atoms with van der Waals surface area (Å²) in [6, 6.07) is 16.1. The lowest BCUT2D eigenvalue weighted by molar-refractivity contribution is 0.529. The summed E-state index contributed by atoms with van der Waals surface area (Å²) in [4.78, 5) is 9.08. The molecule has 0 radical (unpaired) electrons. The lowest BCUT2D eigenvalue weighted by Crippen LogP contribution is -2.15. The van der Waals surface area contributed by atoms with Crippen molar-refractivity contribution in [1.29, 1.82) is 0 Å². The largest absolute Gasteiger partial charge is 0.354 e. The first kappa shape index (κ1) is 18.6. The summed E-state index contributed by atoms with van der Waals surface area (Å²) in [5.41, 5.74) is 2.43. The molecule has 1 aromatic heterocycles. The zero-order valence-electron chi connectivity index (χ0n) is 15.6. The summed E-state index contributed by atoms with van der Waals surface area (Å²) in [6.07, 6.45) is 7.55. The average Bonchev–Trinajstić information content (AvgIpc) is 2.75. The molecule has 1 atom stereocenters. The van der Waals surface area contributed by atoms with Crippen molar-refractivity contribution in [1.82, 2.24) is 9.97 Å². The van der Waals surface area contributed by atoms with Crippen LogP contribution in [0, 0.1) is 0 Å². The van der Waals surface area contributed by atoms with Crippen molar-refractivity contribution in [2.45, 2.75) is 41.4 Å². The van der Waals surface area contributed by atoms with Gasteiger partial charge in [-0.25, -0.2) is 18.4 Å². The van der Waals surface area contributed by atoms with Crippen LogP contribution in [0.2, 0.25) is 0 Å². The van der Waals surface area contributed by atoms with Crippen LogP contribution in [0.25, 0.3) is 0 Å². The number of aryl methyl sites for hydroxylation is 1. The van der Waals surface area contributed by atoms with Gasteiger partial charge in [0, 0.05) is 18.9 Å². The maximum Gasteiger partial charge on any atom is 0.222 e. The first-order chi connectivity index (χ1) is 13.6. The van der Waals surface area contributed by atoms with Gasteiger partial charge in [-0.05, 0) is 73.1 Å². The molecule has 4 rings (SSSR count). The van der Waals surface area contributed by atoms with Gasteiger partial charge in [-0.1, -0.05) is 24.3 Å². The van der Waals surface area contributed by atoms with Gasteiger partial charge in [0.05, 0.1) is 9.79 Å². The van der Waals surface area contributed by atoms with Crippen LogP contribution in [0.4, 0.5) is 5.95 Å². The second-order valence-corrected chi connectivity index (χ2v) is 9.00. The van der Waals surface area contributed by atoms with Gasteiger partial charge >= 0.3 is 0 Å².